The van der Waals surface area contributed by atoms with Gasteiger partial charge >= 0.3 is 0 Å². The summed E-state index contributed by atoms with van der Waals surface area (Å²) in [4.78, 5) is 10.8. The Morgan fingerprint density at radius 1 is 1.64 bits per heavy atom. The van der Waals surface area contributed by atoms with Gasteiger partial charge in [-0.1, -0.05) is 0 Å². The summed E-state index contributed by atoms with van der Waals surface area (Å²) < 4.78 is 17.9. The second-order valence-corrected chi connectivity index (χ2v) is 2.48. The number of nitrogens with two attached hydrogens (primary N) is 1. The van der Waals surface area contributed by atoms with Gasteiger partial charge in [-0.2, -0.15) is 5.26 Å². The topological polar surface area (TPSA) is 76.1 Å². The van der Waals surface area contributed by atoms with E-state index in [1.165, 1.54) is 13.2 Å². The van der Waals surface area contributed by atoms with Crippen LogP contribution >= 0.6 is 0 Å². The molecule has 1 rings (SSSR count). The highest BCUT2D eigenvalue weighted by atomic mass is 19.1. The van der Waals surface area contributed by atoms with Crippen LogP contribution in [-0.2, 0) is 0 Å². The van der Waals surface area contributed by atoms with Gasteiger partial charge in [0.05, 0.1) is 12.7 Å². The summed E-state index contributed by atoms with van der Waals surface area (Å²) in [6, 6.07) is 3.96. The number of rotatable bonds is 2. The zero-order valence-corrected chi connectivity index (χ0v) is 7.37. The molecule has 2 N–H and O–H groups in total. The van der Waals surface area contributed by atoms with Crippen molar-refractivity contribution in [1.29, 1.82) is 5.26 Å². The Labute approximate surface area is 79.7 Å². The van der Waals surface area contributed by atoms with Crippen molar-refractivity contribution < 1.29 is 13.9 Å². The first kappa shape index (κ1) is 9.99. The fraction of sp³-hybridized carbons (Fsp3) is 0.111. The molecule has 0 fully saturated rings. The molecule has 0 heterocycles. The molecule has 14 heavy (non-hydrogen) atoms. The minimum atomic E-state index is -0.988. The number of amides is 1. The quantitative estimate of drug-likeness (QED) is 0.756. The normalized spacial score (nSPS) is 9.21. The molecule has 0 saturated carbocycles. The van der Waals surface area contributed by atoms with Crippen LogP contribution in [0.3, 0.4) is 0 Å². The van der Waals surface area contributed by atoms with Crippen LogP contribution in [0.25, 0.3) is 0 Å². The van der Waals surface area contributed by atoms with E-state index in [1.54, 1.807) is 6.07 Å². The number of methoxy groups -OCH3 is 1. The van der Waals surface area contributed by atoms with Crippen LogP contribution in [0, 0.1) is 17.1 Å². The highest BCUT2D eigenvalue weighted by Gasteiger charge is 2.18. The van der Waals surface area contributed by atoms with Crippen molar-refractivity contribution in [3.05, 3.63) is 29.1 Å². The Morgan fingerprint density at radius 3 is 2.71 bits per heavy atom. The molecule has 1 aromatic rings. The number of halogens is 1. The standard InChI is InChI=1S/C9H7FN2O2/c1-14-7-3-2-6(10)8(9(12)13)5(7)4-11/h2-3H,1H3,(H2,12,13). The van der Waals surface area contributed by atoms with E-state index < -0.39 is 17.3 Å². The molecular formula is C9H7FN2O2. The van der Waals surface area contributed by atoms with Gasteiger partial charge in [0.1, 0.15) is 23.2 Å². The molecule has 0 atom stereocenters. The van der Waals surface area contributed by atoms with Gasteiger partial charge in [0.25, 0.3) is 5.91 Å². The van der Waals surface area contributed by atoms with Crippen molar-refractivity contribution in [3.8, 4) is 11.8 Å². The minimum Gasteiger partial charge on any atom is -0.495 e. The summed E-state index contributed by atoms with van der Waals surface area (Å²) in [5.41, 5.74) is 4.31. The van der Waals surface area contributed by atoms with E-state index in [0.717, 1.165) is 6.07 Å². The summed E-state index contributed by atoms with van der Waals surface area (Å²) in [5, 5.41) is 8.70. The van der Waals surface area contributed by atoms with E-state index in [2.05, 4.69) is 0 Å². The third-order valence-electron chi connectivity index (χ3n) is 1.69. The number of carbonyl (C=O) groups excluding carboxylic acids is 1. The number of carbonyl (C=O) groups is 1. The number of hydrogen-bond acceptors (Lipinski definition) is 3. The summed E-state index contributed by atoms with van der Waals surface area (Å²) in [6.07, 6.45) is 0. The molecule has 0 aliphatic carbocycles. The van der Waals surface area contributed by atoms with Gasteiger partial charge in [-0.05, 0) is 12.1 Å². The molecule has 72 valence electrons. The lowest BCUT2D eigenvalue weighted by molar-refractivity contribution is 0.0996. The van der Waals surface area contributed by atoms with Crippen molar-refractivity contribution in [1.82, 2.24) is 0 Å². The fourth-order valence-electron chi connectivity index (χ4n) is 1.08. The molecule has 4 nitrogen and oxygen atoms in total. The first-order valence-corrected chi connectivity index (χ1v) is 3.68. The van der Waals surface area contributed by atoms with Gasteiger partial charge in [-0.15, -0.1) is 0 Å². The molecule has 1 amide bonds. The number of primary amides is 1. The maximum Gasteiger partial charge on any atom is 0.253 e. The Morgan fingerprint density at radius 2 is 2.29 bits per heavy atom. The monoisotopic (exact) mass is 194 g/mol. The lowest BCUT2D eigenvalue weighted by Crippen LogP contribution is -2.15. The van der Waals surface area contributed by atoms with Crippen molar-refractivity contribution in [2.45, 2.75) is 0 Å². The number of nitriles is 1. The van der Waals surface area contributed by atoms with Crippen LogP contribution in [0.1, 0.15) is 15.9 Å². The Bertz CT molecular complexity index is 424. The molecular weight excluding hydrogens is 187 g/mol. The molecule has 0 saturated heterocycles. The molecule has 0 spiro atoms. The lowest BCUT2D eigenvalue weighted by Gasteiger charge is -2.06. The van der Waals surface area contributed by atoms with Crippen molar-refractivity contribution in [2.24, 2.45) is 5.73 Å². The highest BCUT2D eigenvalue weighted by Crippen LogP contribution is 2.23. The Hall–Kier alpha value is -2.09. The van der Waals surface area contributed by atoms with Crippen molar-refractivity contribution in [3.63, 3.8) is 0 Å². The number of nitrogens with zero attached hydrogens (tertiary/aromatic N) is 1. The molecule has 0 aliphatic rings. The van der Waals surface area contributed by atoms with Crippen LogP contribution in [0.4, 0.5) is 4.39 Å². The first-order chi connectivity index (χ1) is 6.61. The Balaban J connectivity index is 3.53. The SMILES string of the molecule is COc1ccc(F)c(C(N)=O)c1C#N. The Kier molecular flexibility index (Phi) is 2.67. The molecule has 5 heteroatoms. The van der Waals surface area contributed by atoms with Gasteiger partial charge in [0.2, 0.25) is 0 Å². The third-order valence-corrected chi connectivity index (χ3v) is 1.69. The largest absolute Gasteiger partial charge is 0.495 e. The van der Waals surface area contributed by atoms with E-state index in [-0.39, 0.29) is 11.3 Å². The van der Waals surface area contributed by atoms with Crippen LogP contribution < -0.4 is 10.5 Å². The highest BCUT2D eigenvalue weighted by molar-refractivity contribution is 5.96. The maximum absolute atomic E-state index is 13.1. The molecule has 0 unspecified atom stereocenters. The second-order valence-electron chi connectivity index (χ2n) is 2.48. The van der Waals surface area contributed by atoms with Gasteiger partial charge in [-0.25, -0.2) is 4.39 Å². The van der Waals surface area contributed by atoms with E-state index >= 15 is 0 Å². The van der Waals surface area contributed by atoms with E-state index in [0.29, 0.717) is 0 Å². The molecule has 0 radical (unpaired) electrons. The predicted molar refractivity (Wildman–Crippen MR) is 46.2 cm³/mol. The third kappa shape index (κ3) is 1.50. The van der Waals surface area contributed by atoms with Crippen LogP contribution in [0.5, 0.6) is 5.75 Å². The van der Waals surface area contributed by atoms with Crippen molar-refractivity contribution >= 4 is 5.91 Å². The lowest BCUT2D eigenvalue weighted by atomic mass is 10.1. The second kappa shape index (κ2) is 3.75. The first-order valence-electron chi connectivity index (χ1n) is 3.68. The molecule has 0 aliphatic heterocycles. The van der Waals surface area contributed by atoms with E-state index in [1.807, 2.05) is 0 Å². The van der Waals surface area contributed by atoms with Crippen LogP contribution in [0.15, 0.2) is 12.1 Å². The zero-order chi connectivity index (χ0) is 10.7. The van der Waals surface area contributed by atoms with Crippen LogP contribution in [0.2, 0.25) is 0 Å². The molecule has 0 aromatic heterocycles. The number of benzene rings is 1. The van der Waals surface area contributed by atoms with E-state index in [4.69, 9.17) is 15.7 Å². The average Bonchev–Trinajstić information content (AvgIpc) is 2.16. The summed E-state index contributed by atoms with van der Waals surface area (Å²) in [7, 11) is 1.32. The van der Waals surface area contributed by atoms with Crippen LogP contribution in [-0.4, -0.2) is 13.0 Å². The molecule has 1 aromatic carbocycles. The summed E-state index contributed by atoms with van der Waals surface area (Å²) in [6.45, 7) is 0. The average molecular weight is 194 g/mol. The number of hydrogen-bond donors (Lipinski definition) is 1. The molecule has 0 bridgehead atoms. The van der Waals surface area contributed by atoms with Gasteiger partial charge in [0, 0.05) is 0 Å². The predicted octanol–water partition coefficient (Wildman–Crippen LogP) is 0.805. The van der Waals surface area contributed by atoms with Gasteiger partial charge in [0.15, 0.2) is 0 Å². The van der Waals surface area contributed by atoms with Gasteiger partial charge in [-0.3, -0.25) is 4.79 Å². The maximum atomic E-state index is 13.1. The summed E-state index contributed by atoms with van der Waals surface area (Å²) in [5.74, 6) is -1.68. The van der Waals surface area contributed by atoms with Crippen molar-refractivity contribution in [2.75, 3.05) is 7.11 Å². The fourth-order valence-corrected chi connectivity index (χ4v) is 1.08. The number of ether oxygens (including phenoxy) is 1. The smallest absolute Gasteiger partial charge is 0.253 e. The minimum absolute atomic E-state index is 0.128. The van der Waals surface area contributed by atoms with Gasteiger partial charge < -0.3 is 10.5 Å². The van der Waals surface area contributed by atoms with E-state index in [9.17, 15) is 9.18 Å². The summed E-state index contributed by atoms with van der Waals surface area (Å²) >= 11 is 0. The zero-order valence-electron chi connectivity index (χ0n) is 7.37.